The van der Waals surface area contributed by atoms with E-state index in [4.69, 9.17) is 5.73 Å². The Morgan fingerprint density at radius 1 is 0.950 bits per heavy atom. The van der Waals surface area contributed by atoms with Gasteiger partial charge in [0.2, 0.25) is 0 Å². The average molecular weight is 277 g/mol. The van der Waals surface area contributed by atoms with E-state index < -0.39 is 11.6 Å². The van der Waals surface area contributed by atoms with Crippen LogP contribution in [-0.2, 0) is 0 Å². The predicted octanol–water partition coefficient (Wildman–Crippen LogP) is 4.18. The van der Waals surface area contributed by atoms with Gasteiger partial charge in [-0.25, -0.2) is 8.78 Å². The molecule has 3 heteroatoms. The predicted molar refractivity (Wildman–Crippen MR) is 73.9 cm³/mol. The summed E-state index contributed by atoms with van der Waals surface area (Å²) in [7, 11) is 0. The molecule has 0 spiro atoms. The Morgan fingerprint density at radius 3 is 2.00 bits per heavy atom. The molecule has 1 unspecified atom stereocenters. The van der Waals surface area contributed by atoms with Gasteiger partial charge in [0.1, 0.15) is 0 Å². The van der Waals surface area contributed by atoms with Gasteiger partial charge >= 0.3 is 0 Å². The molecule has 108 valence electrons. The van der Waals surface area contributed by atoms with Crippen molar-refractivity contribution >= 4 is 0 Å². The molecule has 0 aliphatic heterocycles. The molecule has 1 nitrogen and oxygen atoms in total. The van der Waals surface area contributed by atoms with Gasteiger partial charge < -0.3 is 5.73 Å². The Kier molecular flexibility index (Phi) is 2.72. The van der Waals surface area contributed by atoms with E-state index in [0.29, 0.717) is 0 Å². The third-order valence-corrected chi connectivity index (χ3v) is 6.05. The quantitative estimate of drug-likeness (QED) is 0.862. The van der Waals surface area contributed by atoms with Crippen LogP contribution in [0.3, 0.4) is 0 Å². The highest BCUT2D eigenvalue weighted by atomic mass is 19.2. The van der Waals surface area contributed by atoms with Gasteiger partial charge in [0, 0.05) is 6.04 Å². The van der Waals surface area contributed by atoms with Gasteiger partial charge in [0.25, 0.3) is 0 Å². The van der Waals surface area contributed by atoms with Crippen molar-refractivity contribution in [3.8, 4) is 0 Å². The topological polar surface area (TPSA) is 26.0 Å². The average Bonchev–Trinajstić information content (AvgIpc) is 2.39. The minimum absolute atomic E-state index is 0.138. The minimum atomic E-state index is -0.786. The number of nitrogens with two attached hydrogens (primary N) is 1. The first kappa shape index (κ1) is 12.8. The third-order valence-electron chi connectivity index (χ3n) is 6.05. The molecule has 0 aromatic heterocycles. The number of hydrogen-bond acceptors (Lipinski definition) is 1. The van der Waals surface area contributed by atoms with E-state index >= 15 is 0 Å². The number of benzene rings is 1. The highest BCUT2D eigenvalue weighted by Crippen LogP contribution is 2.63. The van der Waals surface area contributed by atoms with Crippen molar-refractivity contribution in [1.82, 2.24) is 0 Å². The van der Waals surface area contributed by atoms with Crippen LogP contribution in [0, 0.1) is 34.8 Å². The number of rotatable bonds is 2. The molecule has 4 fully saturated rings. The molecule has 1 aromatic rings. The van der Waals surface area contributed by atoms with Gasteiger partial charge in [0.15, 0.2) is 11.6 Å². The Bertz CT molecular complexity index is 505. The normalized spacial score (nSPS) is 40.0. The summed E-state index contributed by atoms with van der Waals surface area (Å²) in [6, 6.07) is 4.04. The van der Waals surface area contributed by atoms with Gasteiger partial charge in [-0.2, -0.15) is 0 Å². The van der Waals surface area contributed by atoms with Crippen molar-refractivity contribution in [2.45, 2.75) is 44.6 Å². The lowest BCUT2D eigenvalue weighted by atomic mass is 9.47. The molecular formula is C17H21F2N. The zero-order valence-electron chi connectivity index (χ0n) is 11.6. The lowest BCUT2D eigenvalue weighted by Crippen LogP contribution is -2.50. The number of hydrogen-bond donors (Lipinski definition) is 1. The van der Waals surface area contributed by atoms with E-state index in [-0.39, 0.29) is 11.5 Å². The largest absolute Gasteiger partial charge is 0.323 e. The van der Waals surface area contributed by atoms with Crippen molar-refractivity contribution in [3.63, 3.8) is 0 Å². The van der Waals surface area contributed by atoms with Crippen LogP contribution in [0.2, 0.25) is 0 Å². The summed E-state index contributed by atoms with van der Waals surface area (Å²) in [5.41, 5.74) is 7.43. The summed E-state index contributed by atoms with van der Waals surface area (Å²) in [6.45, 7) is 0. The molecule has 1 aromatic carbocycles. The molecule has 4 aliphatic carbocycles. The highest BCUT2D eigenvalue weighted by Gasteiger charge is 2.53. The number of halogens is 2. The van der Waals surface area contributed by atoms with Crippen LogP contribution in [-0.4, -0.2) is 0 Å². The van der Waals surface area contributed by atoms with E-state index in [0.717, 1.165) is 23.3 Å². The maximum atomic E-state index is 13.5. The summed E-state index contributed by atoms with van der Waals surface area (Å²) >= 11 is 0. The Hall–Kier alpha value is -0.960. The SMILES string of the molecule is NC(c1ccc(F)c(F)c1)C12CC3CC(CC(C3)C1)C2. The van der Waals surface area contributed by atoms with Crippen LogP contribution in [0.25, 0.3) is 0 Å². The molecule has 20 heavy (non-hydrogen) atoms. The van der Waals surface area contributed by atoms with Crippen LogP contribution in [0.5, 0.6) is 0 Å². The van der Waals surface area contributed by atoms with Crippen LogP contribution in [0.15, 0.2) is 18.2 Å². The maximum absolute atomic E-state index is 13.5. The van der Waals surface area contributed by atoms with Crippen molar-refractivity contribution in [2.75, 3.05) is 0 Å². The fourth-order valence-corrected chi connectivity index (χ4v) is 5.62. The molecule has 5 rings (SSSR count). The fourth-order valence-electron chi connectivity index (χ4n) is 5.62. The first-order chi connectivity index (χ1) is 9.56. The molecule has 0 radical (unpaired) electrons. The summed E-state index contributed by atoms with van der Waals surface area (Å²) in [4.78, 5) is 0. The first-order valence-electron chi connectivity index (χ1n) is 7.76. The van der Waals surface area contributed by atoms with E-state index in [1.54, 1.807) is 6.07 Å². The van der Waals surface area contributed by atoms with Crippen molar-refractivity contribution in [1.29, 1.82) is 0 Å². The van der Waals surface area contributed by atoms with E-state index in [9.17, 15) is 8.78 Å². The zero-order chi connectivity index (χ0) is 13.9. The molecule has 2 N–H and O–H groups in total. The summed E-state index contributed by atoms with van der Waals surface area (Å²) < 4.78 is 26.6. The van der Waals surface area contributed by atoms with E-state index in [1.165, 1.54) is 50.7 Å². The molecule has 4 bridgehead atoms. The van der Waals surface area contributed by atoms with Crippen molar-refractivity contribution in [2.24, 2.45) is 28.9 Å². The second-order valence-corrected chi connectivity index (χ2v) is 7.43. The smallest absolute Gasteiger partial charge is 0.159 e. The third kappa shape index (κ3) is 1.82. The van der Waals surface area contributed by atoms with E-state index in [1.807, 2.05) is 0 Å². The molecule has 0 amide bonds. The van der Waals surface area contributed by atoms with Crippen LogP contribution >= 0.6 is 0 Å². The lowest BCUT2D eigenvalue weighted by molar-refractivity contribution is -0.0678. The molecule has 4 saturated carbocycles. The van der Waals surface area contributed by atoms with Gasteiger partial charge in [-0.15, -0.1) is 0 Å². The second kappa shape index (κ2) is 4.27. The van der Waals surface area contributed by atoms with Crippen molar-refractivity contribution in [3.05, 3.63) is 35.4 Å². The molecular weight excluding hydrogens is 256 g/mol. The van der Waals surface area contributed by atoms with Crippen molar-refractivity contribution < 1.29 is 8.78 Å². The maximum Gasteiger partial charge on any atom is 0.159 e. The summed E-state index contributed by atoms with van der Waals surface area (Å²) in [5.74, 6) is 0.891. The Labute approximate surface area is 118 Å². The van der Waals surface area contributed by atoms with Crippen LogP contribution in [0.1, 0.15) is 50.1 Å². The van der Waals surface area contributed by atoms with Gasteiger partial charge in [-0.1, -0.05) is 6.07 Å². The molecule has 0 heterocycles. The molecule has 0 saturated heterocycles. The monoisotopic (exact) mass is 277 g/mol. The van der Waals surface area contributed by atoms with Gasteiger partial charge in [-0.05, 0) is 79.4 Å². The summed E-state index contributed by atoms with van der Waals surface area (Å²) in [6.07, 6.45) is 7.63. The molecule has 4 aliphatic rings. The van der Waals surface area contributed by atoms with Crippen LogP contribution < -0.4 is 5.73 Å². The lowest BCUT2D eigenvalue weighted by Gasteiger charge is -2.59. The van der Waals surface area contributed by atoms with Gasteiger partial charge in [0.05, 0.1) is 0 Å². The standard InChI is InChI=1S/C17H21F2N/c18-14-2-1-13(6-15(14)19)16(20)17-7-10-3-11(8-17)5-12(4-10)9-17/h1-2,6,10-12,16H,3-5,7-9,20H2. The van der Waals surface area contributed by atoms with E-state index in [2.05, 4.69) is 0 Å². The molecule has 1 atom stereocenters. The fraction of sp³-hybridized carbons (Fsp3) is 0.647. The summed E-state index contributed by atoms with van der Waals surface area (Å²) in [5, 5.41) is 0. The second-order valence-electron chi connectivity index (χ2n) is 7.43. The minimum Gasteiger partial charge on any atom is -0.323 e. The zero-order valence-corrected chi connectivity index (χ0v) is 11.6. The van der Waals surface area contributed by atoms with Crippen LogP contribution in [0.4, 0.5) is 8.78 Å². The highest BCUT2D eigenvalue weighted by molar-refractivity contribution is 5.24. The Morgan fingerprint density at radius 2 is 1.50 bits per heavy atom. The first-order valence-corrected chi connectivity index (χ1v) is 7.76. The van der Waals surface area contributed by atoms with Gasteiger partial charge in [-0.3, -0.25) is 0 Å². The Balaban J connectivity index is 1.67.